The molecule has 0 aliphatic heterocycles. The van der Waals surface area contributed by atoms with Crippen LogP contribution < -0.4 is 0 Å². The lowest BCUT2D eigenvalue weighted by Crippen LogP contribution is -2.12. The molecule has 0 bridgehead atoms. The summed E-state index contributed by atoms with van der Waals surface area (Å²) < 4.78 is 0.724. The van der Waals surface area contributed by atoms with E-state index in [9.17, 15) is 0 Å². The van der Waals surface area contributed by atoms with Crippen molar-refractivity contribution in [2.45, 2.75) is 39.0 Å². The van der Waals surface area contributed by atoms with Gasteiger partial charge in [-0.1, -0.05) is 31.4 Å². The summed E-state index contributed by atoms with van der Waals surface area (Å²) in [7, 11) is 0. The number of aryl methyl sites for hydroxylation is 1. The molecular formula is C10H14ClNS. The maximum absolute atomic E-state index is 5.88. The van der Waals surface area contributed by atoms with Gasteiger partial charge in [0.05, 0.1) is 5.69 Å². The third-order valence-corrected chi connectivity index (χ3v) is 3.94. The van der Waals surface area contributed by atoms with Crippen LogP contribution in [0.15, 0.2) is 0 Å². The Hall–Kier alpha value is -0.0800. The fraction of sp³-hybridized carbons (Fsp3) is 0.700. The van der Waals surface area contributed by atoms with Crippen LogP contribution >= 0.6 is 22.9 Å². The van der Waals surface area contributed by atoms with E-state index in [4.69, 9.17) is 11.6 Å². The van der Waals surface area contributed by atoms with E-state index in [2.05, 4.69) is 11.9 Å². The first-order chi connectivity index (χ1) is 6.29. The van der Waals surface area contributed by atoms with Gasteiger partial charge in [-0.05, 0) is 25.2 Å². The third kappa shape index (κ3) is 2.05. The van der Waals surface area contributed by atoms with Gasteiger partial charge >= 0.3 is 0 Å². The Bertz CT molecular complexity index is 295. The van der Waals surface area contributed by atoms with Crippen LogP contribution in [0.3, 0.4) is 0 Å². The second-order valence-electron chi connectivity index (χ2n) is 3.73. The van der Waals surface area contributed by atoms with E-state index in [0.29, 0.717) is 0 Å². The van der Waals surface area contributed by atoms with Crippen LogP contribution in [0.4, 0.5) is 0 Å². The Balaban J connectivity index is 2.10. The standard InChI is InChI=1S/C10H14ClNS/c1-2-3-7-4-5-8-9(6-7)13-10(11)12-8/h7H,2-6H2,1H3/t7-/m1/s1. The van der Waals surface area contributed by atoms with Crippen LogP contribution in [0.25, 0.3) is 0 Å². The summed E-state index contributed by atoms with van der Waals surface area (Å²) >= 11 is 7.56. The fourth-order valence-corrected chi connectivity index (χ4v) is 3.39. The first-order valence-corrected chi connectivity index (χ1v) is 6.13. The first-order valence-electron chi connectivity index (χ1n) is 4.93. The minimum absolute atomic E-state index is 0.724. The van der Waals surface area contributed by atoms with Crippen LogP contribution in [0.5, 0.6) is 0 Å². The smallest absolute Gasteiger partial charge is 0.184 e. The molecule has 1 atom stereocenters. The number of rotatable bonds is 2. The number of hydrogen-bond donors (Lipinski definition) is 0. The van der Waals surface area contributed by atoms with E-state index in [1.54, 1.807) is 11.3 Å². The van der Waals surface area contributed by atoms with Crippen LogP contribution in [0.1, 0.15) is 36.8 Å². The van der Waals surface area contributed by atoms with E-state index in [1.807, 2.05) is 0 Å². The topological polar surface area (TPSA) is 12.9 Å². The Morgan fingerprint density at radius 3 is 3.23 bits per heavy atom. The molecule has 0 spiro atoms. The molecule has 0 N–H and O–H groups in total. The van der Waals surface area contributed by atoms with Gasteiger partial charge in [-0.25, -0.2) is 4.98 Å². The zero-order valence-corrected chi connectivity index (χ0v) is 9.42. The van der Waals surface area contributed by atoms with Crippen molar-refractivity contribution in [2.75, 3.05) is 0 Å². The molecule has 0 aromatic carbocycles. The SMILES string of the molecule is CCC[C@@H]1CCc2nc(Cl)sc2C1. The maximum Gasteiger partial charge on any atom is 0.184 e. The molecule has 1 nitrogen and oxygen atoms in total. The third-order valence-electron chi connectivity index (χ3n) is 2.71. The van der Waals surface area contributed by atoms with Crippen LogP contribution in [0.2, 0.25) is 4.47 Å². The number of hydrogen-bond acceptors (Lipinski definition) is 2. The lowest BCUT2D eigenvalue weighted by atomic mass is 9.88. The summed E-state index contributed by atoms with van der Waals surface area (Å²) in [5.41, 5.74) is 1.27. The Morgan fingerprint density at radius 2 is 2.46 bits per heavy atom. The van der Waals surface area contributed by atoms with Crippen LogP contribution in [0, 0.1) is 5.92 Å². The highest BCUT2D eigenvalue weighted by Gasteiger charge is 2.21. The molecule has 72 valence electrons. The van der Waals surface area contributed by atoms with E-state index >= 15 is 0 Å². The molecule has 3 heteroatoms. The van der Waals surface area contributed by atoms with Crippen molar-refractivity contribution in [3.63, 3.8) is 0 Å². The summed E-state index contributed by atoms with van der Waals surface area (Å²) in [6, 6.07) is 0. The molecule has 0 saturated carbocycles. The molecule has 1 aliphatic carbocycles. The molecule has 1 heterocycles. The van der Waals surface area contributed by atoms with Gasteiger partial charge in [-0.3, -0.25) is 0 Å². The monoisotopic (exact) mass is 215 g/mol. The van der Waals surface area contributed by atoms with Crippen molar-refractivity contribution >= 4 is 22.9 Å². The lowest BCUT2D eigenvalue weighted by molar-refractivity contribution is 0.424. The number of aromatic nitrogens is 1. The van der Waals surface area contributed by atoms with Crippen molar-refractivity contribution < 1.29 is 0 Å². The number of halogens is 1. The summed E-state index contributed by atoms with van der Waals surface area (Å²) in [4.78, 5) is 5.77. The molecule has 13 heavy (non-hydrogen) atoms. The van der Waals surface area contributed by atoms with Gasteiger partial charge in [0.25, 0.3) is 0 Å². The molecular weight excluding hydrogens is 202 g/mol. The van der Waals surface area contributed by atoms with Crippen molar-refractivity contribution in [3.8, 4) is 0 Å². The van der Waals surface area contributed by atoms with E-state index in [-0.39, 0.29) is 0 Å². The summed E-state index contributed by atoms with van der Waals surface area (Å²) in [6.45, 7) is 2.26. The minimum Gasteiger partial charge on any atom is -0.230 e. The van der Waals surface area contributed by atoms with Crippen LogP contribution in [-0.2, 0) is 12.8 Å². The molecule has 0 unspecified atom stereocenters. The van der Waals surface area contributed by atoms with E-state index in [0.717, 1.165) is 16.8 Å². The zero-order valence-electron chi connectivity index (χ0n) is 7.85. The number of thiazole rings is 1. The van der Waals surface area contributed by atoms with Gasteiger partial charge in [0.2, 0.25) is 0 Å². The normalized spacial score (nSPS) is 21.5. The first kappa shape index (κ1) is 9.47. The molecule has 0 radical (unpaired) electrons. The van der Waals surface area contributed by atoms with Gasteiger partial charge in [0, 0.05) is 4.88 Å². The van der Waals surface area contributed by atoms with Gasteiger partial charge in [-0.2, -0.15) is 0 Å². The van der Waals surface area contributed by atoms with Crippen molar-refractivity contribution in [1.29, 1.82) is 0 Å². The summed E-state index contributed by atoms with van der Waals surface area (Å²) in [5, 5.41) is 0. The lowest BCUT2D eigenvalue weighted by Gasteiger charge is -2.19. The second kappa shape index (κ2) is 3.97. The van der Waals surface area contributed by atoms with Gasteiger partial charge in [0.1, 0.15) is 0 Å². The van der Waals surface area contributed by atoms with Gasteiger partial charge in [-0.15, -0.1) is 11.3 Å². The molecule has 1 aromatic rings. The number of fused-ring (bicyclic) bond motifs is 1. The highest BCUT2D eigenvalue weighted by atomic mass is 35.5. The molecule has 0 amide bonds. The largest absolute Gasteiger partial charge is 0.230 e. The fourth-order valence-electron chi connectivity index (χ4n) is 2.07. The average Bonchev–Trinajstić information content (AvgIpc) is 2.44. The van der Waals surface area contributed by atoms with Gasteiger partial charge < -0.3 is 0 Å². The molecule has 2 rings (SSSR count). The summed E-state index contributed by atoms with van der Waals surface area (Å²) in [5.74, 6) is 0.883. The predicted molar refractivity (Wildman–Crippen MR) is 57.5 cm³/mol. The highest BCUT2D eigenvalue weighted by molar-refractivity contribution is 7.15. The predicted octanol–water partition coefficient (Wildman–Crippen LogP) is 3.70. The Kier molecular flexibility index (Phi) is 2.89. The Morgan fingerprint density at radius 1 is 1.62 bits per heavy atom. The van der Waals surface area contributed by atoms with Crippen molar-refractivity contribution in [1.82, 2.24) is 4.98 Å². The van der Waals surface area contributed by atoms with Crippen molar-refractivity contribution in [2.24, 2.45) is 5.92 Å². The van der Waals surface area contributed by atoms with Gasteiger partial charge in [0.15, 0.2) is 4.47 Å². The Labute approximate surface area is 88.1 Å². The maximum atomic E-state index is 5.88. The highest BCUT2D eigenvalue weighted by Crippen LogP contribution is 2.33. The number of nitrogens with zero attached hydrogens (tertiary/aromatic N) is 1. The molecule has 1 aromatic heterocycles. The minimum atomic E-state index is 0.724. The molecule has 0 fully saturated rings. The average molecular weight is 216 g/mol. The zero-order chi connectivity index (χ0) is 9.26. The van der Waals surface area contributed by atoms with Crippen LogP contribution in [-0.4, -0.2) is 4.98 Å². The second-order valence-corrected chi connectivity index (χ2v) is 5.40. The van der Waals surface area contributed by atoms with Crippen molar-refractivity contribution in [3.05, 3.63) is 15.0 Å². The molecule has 0 saturated heterocycles. The molecule has 1 aliphatic rings. The van der Waals surface area contributed by atoms with E-state index < -0.39 is 0 Å². The quantitative estimate of drug-likeness (QED) is 0.733. The van der Waals surface area contributed by atoms with E-state index in [1.165, 1.54) is 36.3 Å². The summed E-state index contributed by atoms with van der Waals surface area (Å²) in [6.07, 6.45) is 6.32.